The van der Waals surface area contributed by atoms with Crippen LogP contribution in [-0.2, 0) is 19.1 Å². The van der Waals surface area contributed by atoms with Gasteiger partial charge < -0.3 is 40.2 Å². The van der Waals surface area contributed by atoms with E-state index in [0.29, 0.717) is 33.2 Å². The van der Waals surface area contributed by atoms with Crippen molar-refractivity contribution in [1.29, 1.82) is 10.5 Å². The number of amides is 4. The Hall–Kier alpha value is -6.45. The van der Waals surface area contributed by atoms with Gasteiger partial charge in [-0.25, -0.2) is 0 Å². The zero-order chi connectivity index (χ0) is 48.8. The largest absolute Gasteiger partial charge is 0.491 e. The van der Waals surface area contributed by atoms with Crippen LogP contribution in [0, 0.1) is 38.9 Å². The minimum Gasteiger partial charge on any atom is -0.491 e. The third-order valence-corrected chi connectivity index (χ3v) is 13.0. The molecule has 1 heterocycles. The van der Waals surface area contributed by atoms with Gasteiger partial charge in [-0.3, -0.25) is 19.2 Å². The monoisotopic (exact) mass is 930 g/mol. The molecule has 4 aromatic carbocycles. The van der Waals surface area contributed by atoms with E-state index in [1.54, 1.807) is 82.3 Å². The number of hydrogen-bond acceptors (Lipinski definition) is 10. The minimum absolute atomic E-state index is 0.0539. The van der Waals surface area contributed by atoms with Crippen molar-refractivity contribution in [3.05, 3.63) is 118 Å². The molecule has 2 fully saturated rings. The van der Waals surface area contributed by atoms with Crippen LogP contribution in [0.15, 0.2) is 91.0 Å². The van der Waals surface area contributed by atoms with E-state index in [9.17, 15) is 29.5 Å². The van der Waals surface area contributed by atoms with Crippen LogP contribution < -0.4 is 25.4 Å². The highest BCUT2D eigenvalue weighted by Crippen LogP contribution is 2.55. The van der Waals surface area contributed by atoms with Crippen LogP contribution in [0.1, 0.15) is 94.9 Å². The number of carbonyl (C=O) groups is 4. The molecule has 2 aliphatic rings. The Bertz CT molecular complexity index is 2510. The van der Waals surface area contributed by atoms with Gasteiger partial charge in [0, 0.05) is 41.5 Å². The summed E-state index contributed by atoms with van der Waals surface area (Å²) in [6, 6.07) is 28.3. The van der Waals surface area contributed by atoms with Crippen LogP contribution in [0.5, 0.6) is 11.5 Å². The molecule has 15 heteroatoms. The van der Waals surface area contributed by atoms with Gasteiger partial charge in [-0.2, -0.15) is 10.5 Å². The molecule has 14 nitrogen and oxygen atoms in total. The Morgan fingerprint density at radius 2 is 1.46 bits per heavy atom. The molecule has 0 unspecified atom stereocenters. The molecule has 4 aromatic rings. The van der Waals surface area contributed by atoms with Gasteiger partial charge in [0.25, 0.3) is 5.91 Å². The fourth-order valence-corrected chi connectivity index (χ4v) is 9.53. The fraction of sp³-hybridized carbons (Fsp3) is 0.423. The lowest BCUT2D eigenvalue weighted by Gasteiger charge is -2.63. The van der Waals surface area contributed by atoms with Gasteiger partial charge in [-0.15, -0.1) is 0 Å². The number of nitriles is 2. The van der Waals surface area contributed by atoms with E-state index in [-0.39, 0.29) is 50.8 Å². The second-order valence-electron chi connectivity index (χ2n) is 19.5. The summed E-state index contributed by atoms with van der Waals surface area (Å²) in [6.07, 6.45) is -1.07. The van der Waals surface area contributed by atoms with Gasteiger partial charge >= 0.3 is 0 Å². The SMILES string of the molecule is C[C@H](NC(=O)[C@@H]1C[C@@H](O)CN1C(=O)[C@@H](NC(=O)COCCOc1ccc(-c2ccc(C(=O)NC3C(C)(C)C(Oc4ccc(C#N)c(Cl)c4)C3(C)C)cc2)cc1)C(C)(C)C)c1ccc(C#N)cc1. The molecule has 1 aliphatic carbocycles. The van der Waals surface area contributed by atoms with Crippen molar-refractivity contribution >= 4 is 35.2 Å². The smallest absolute Gasteiger partial charge is 0.251 e. The molecule has 4 N–H and O–H groups in total. The van der Waals surface area contributed by atoms with E-state index in [1.807, 2.05) is 36.4 Å². The Kier molecular flexibility index (Phi) is 15.4. The van der Waals surface area contributed by atoms with E-state index in [0.717, 1.165) is 16.7 Å². The van der Waals surface area contributed by atoms with Crippen LogP contribution in [0.4, 0.5) is 0 Å². The predicted molar refractivity (Wildman–Crippen MR) is 253 cm³/mol. The molecule has 67 heavy (non-hydrogen) atoms. The van der Waals surface area contributed by atoms with Crippen LogP contribution in [0.25, 0.3) is 11.1 Å². The number of carbonyl (C=O) groups excluding carboxylic acids is 4. The maximum atomic E-state index is 14.0. The van der Waals surface area contributed by atoms with Crippen molar-refractivity contribution in [3.63, 3.8) is 0 Å². The summed E-state index contributed by atoms with van der Waals surface area (Å²) in [5.74, 6) is -0.447. The van der Waals surface area contributed by atoms with Crippen LogP contribution in [0.3, 0.4) is 0 Å². The van der Waals surface area contributed by atoms with Gasteiger partial charge in [0.05, 0.1) is 41.0 Å². The Labute approximate surface area is 397 Å². The molecule has 1 saturated heterocycles. The van der Waals surface area contributed by atoms with Crippen molar-refractivity contribution in [2.75, 3.05) is 26.4 Å². The molecule has 1 aliphatic heterocycles. The summed E-state index contributed by atoms with van der Waals surface area (Å²) in [6.45, 7) is 15.3. The number of ether oxygens (including phenoxy) is 3. The number of nitrogens with zero attached hydrogens (tertiary/aromatic N) is 3. The van der Waals surface area contributed by atoms with Crippen molar-refractivity contribution in [1.82, 2.24) is 20.9 Å². The van der Waals surface area contributed by atoms with Crippen molar-refractivity contribution in [3.8, 4) is 34.8 Å². The number of likely N-dealkylation sites (tertiary alicyclic amines) is 1. The van der Waals surface area contributed by atoms with Gasteiger partial charge in [0.15, 0.2) is 0 Å². The number of nitrogens with one attached hydrogen (secondary N) is 3. The number of rotatable bonds is 16. The highest BCUT2D eigenvalue weighted by atomic mass is 35.5. The first-order valence-electron chi connectivity index (χ1n) is 22.3. The average Bonchev–Trinajstić information content (AvgIpc) is 3.70. The number of halogens is 1. The number of benzene rings is 4. The predicted octanol–water partition coefficient (Wildman–Crippen LogP) is 7.13. The molecule has 0 radical (unpaired) electrons. The maximum absolute atomic E-state index is 14.0. The second-order valence-corrected chi connectivity index (χ2v) is 19.9. The standard InChI is InChI=1S/C52H59ClN6O8/c1-31(33-11-9-32(27-54)10-12-33)56-46(63)42-25-38(60)29-59(42)47(64)44(50(2,3)4)57-43(61)30-65-23-24-66-39-20-17-35(18-21-39)34-13-15-36(16-14-34)45(62)58-48-51(5,6)49(52(48,7)8)67-40-22-19-37(28-55)41(53)26-40/h9-22,26,31,38,42,44,48-49,60H,23-25,29-30H2,1-8H3,(H,56,63)(H,57,61)(H,58,62)/t31-,38+,42-,44+,48?,49?/m0/s1. The highest BCUT2D eigenvalue weighted by Gasteiger charge is 2.64. The highest BCUT2D eigenvalue weighted by molar-refractivity contribution is 6.31. The Morgan fingerprint density at radius 1 is 0.851 bits per heavy atom. The van der Waals surface area contributed by atoms with E-state index in [4.69, 9.17) is 31.1 Å². The molecule has 6 rings (SSSR count). The third-order valence-electron chi connectivity index (χ3n) is 12.7. The maximum Gasteiger partial charge on any atom is 0.251 e. The Morgan fingerprint density at radius 3 is 2.04 bits per heavy atom. The summed E-state index contributed by atoms with van der Waals surface area (Å²) in [5.41, 5.74) is 2.49. The quantitative estimate of drug-likeness (QED) is 0.0838. The zero-order valence-electron chi connectivity index (χ0n) is 39.2. The Balaban J connectivity index is 0.943. The van der Waals surface area contributed by atoms with Gasteiger partial charge in [0.2, 0.25) is 17.7 Å². The molecule has 1 saturated carbocycles. The van der Waals surface area contributed by atoms with E-state index < -0.39 is 58.2 Å². The molecule has 0 aromatic heterocycles. The van der Waals surface area contributed by atoms with Crippen LogP contribution in [-0.4, -0.2) is 90.3 Å². The summed E-state index contributed by atoms with van der Waals surface area (Å²) in [7, 11) is 0. The zero-order valence-corrected chi connectivity index (χ0v) is 39.9. The molecule has 4 amide bonds. The molecule has 352 valence electrons. The van der Waals surface area contributed by atoms with E-state index in [1.165, 1.54) is 4.90 Å². The van der Waals surface area contributed by atoms with Crippen LogP contribution in [0.2, 0.25) is 5.02 Å². The first-order valence-corrected chi connectivity index (χ1v) is 22.7. The normalized spacial score (nSPS) is 20.2. The summed E-state index contributed by atoms with van der Waals surface area (Å²) in [4.78, 5) is 55.3. The molecule has 4 atom stereocenters. The molecule has 0 bridgehead atoms. The van der Waals surface area contributed by atoms with Crippen molar-refractivity contribution < 1.29 is 38.5 Å². The summed E-state index contributed by atoms with van der Waals surface area (Å²) in [5, 5.41) is 38.1. The lowest BCUT2D eigenvalue weighted by atomic mass is 9.49. The summed E-state index contributed by atoms with van der Waals surface area (Å²) < 4.78 is 17.8. The van der Waals surface area contributed by atoms with Gasteiger partial charge in [0.1, 0.15) is 49.0 Å². The third kappa shape index (κ3) is 11.6. The lowest BCUT2D eigenvalue weighted by Crippen LogP contribution is -2.74. The number of hydrogen-bond donors (Lipinski definition) is 4. The van der Waals surface area contributed by atoms with Crippen molar-refractivity contribution in [2.45, 2.75) is 98.2 Å². The minimum atomic E-state index is -1.01. The number of β-amino-alcohol motifs (C(OH)–C–C–N with tert-alkyl or cyclic N) is 1. The number of aliphatic hydroxyl groups excluding tert-OH is 1. The van der Waals surface area contributed by atoms with Crippen LogP contribution >= 0.6 is 11.6 Å². The lowest BCUT2D eigenvalue weighted by molar-refractivity contribution is -0.164. The molecule has 0 spiro atoms. The van der Waals surface area contributed by atoms with E-state index >= 15 is 0 Å². The second kappa shape index (κ2) is 20.6. The van der Waals surface area contributed by atoms with Crippen molar-refractivity contribution in [2.24, 2.45) is 16.2 Å². The molecular formula is C52H59ClN6O8. The topological polar surface area (TPSA) is 203 Å². The van der Waals surface area contributed by atoms with Gasteiger partial charge in [-0.1, -0.05) is 96.5 Å². The molecular weight excluding hydrogens is 872 g/mol. The summed E-state index contributed by atoms with van der Waals surface area (Å²) >= 11 is 6.24. The fourth-order valence-electron chi connectivity index (χ4n) is 9.31. The first-order chi connectivity index (χ1) is 31.6. The first kappa shape index (κ1) is 50.0. The van der Waals surface area contributed by atoms with Gasteiger partial charge in [-0.05, 0) is 77.6 Å². The number of aliphatic hydroxyl groups is 1. The van der Waals surface area contributed by atoms with E-state index in [2.05, 4.69) is 55.8 Å². The average molecular weight is 932 g/mol.